The first-order valence-corrected chi connectivity index (χ1v) is 5.30. The lowest BCUT2D eigenvalue weighted by Gasteiger charge is -2.24. The molecular weight excluding hydrogens is 249 g/mol. The van der Waals surface area contributed by atoms with Crippen LogP contribution in [0.5, 0.6) is 0 Å². The molecule has 0 saturated carbocycles. The lowest BCUT2D eigenvalue weighted by molar-refractivity contribution is 0.536. The SMILES string of the molecule is CC(C)(CN)c1ccc(Cl)cc1Br. The number of benzene rings is 1. The molecule has 0 saturated heterocycles. The van der Waals surface area contributed by atoms with Gasteiger partial charge in [-0.1, -0.05) is 47.4 Å². The van der Waals surface area contributed by atoms with Crippen molar-refractivity contribution in [1.29, 1.82) is 0 Å². The lowest BCUT2D eigenvalue weighted by Crippen LogP contribution is -2.28. The van der Waals surface area contributed by atoms with Gasteiger partial charge in [-0.15, -0.1) is 0 Å². The number of rotatable bonds is 2. The average Bonchev–Trinajstić information content (AvgIpc) is 2.03. The molecular formula is C10H13BrClN. The summed E-state index contributed by atoms with van der Waals surface area (Å²) in [5, 5.41) is 0.739. The molecule has 0 spiro atoms. The van der Waals surface area contributed by atoms with Gasteiger partial charge in [0, 0.05) is 21.5 Å². The maximum Gasteiger partial charge on any atom is 0.0417 e. The number of nitrogens with two attached hydrogens (primary N) is 1. The van der Waals surface area contributed by atoms with E-state index < -0.39 is 0 Å². The van der Waals surface area contributed by atoms with Crippen LogP contribution in [-0.2, 0) is 5.41 Å². The van der Waals surface area contributed by atoms with Crippen LogP contribution < -0.4 is 5.73 Å². The van der Waals surface area contributed by atoms with E-state index in [0.717, 1.165) is 9.50 Å². The van der Waals surface area contributed by atoms with E-state index >= 15 is 0 Å². The van der Waals surface area contributed by atoms with Crippen molar-refractivity contribution >= 4 is 27.5 Å². The summed E-state index contributed by atoms with van der Waals surface area (Å²) in [7, 11) is 0. The molecule has 0 bridgehead atoms. The van der Waals surface area contributed by atoms with Gasteiger partial charge in [-0.3, -0.25) is 0 Å². The van der Waals surface area contributed by atoms with E-state index in [0.29, 0.717) is 6.54 Å². The molecule has 3 heteroatoms. The van der Waals surface area contributed by atoms with Crippen molar-refractivity contribution < 1.29 is 0 Å². The van der Waals surface area contributed by atoms with Crippen LogP contribution in [0.3, 0.4) is 0 Å². The van der Waals surface area contributed by atoms with Crippen LogP contribution in [0.2, 0.25) is 5.02 Å². The maximum absolute atomic E-state index is 5.85. The summed E-state index contributed by atoms with van der Waals surface area (Å²) >= 11 is 9.33. The normalized spacial score (nSPS) is 11.8. The fourth-order valence-corrected chi connectivity index (χ4v) is 2.37. The van der Waals surface area contributed by atoms with Crippen LogP contribution in [0.1, 0.15) is 19.4 Å². The van der Waals surface area contributed by atoms with Crippen molar-refractivity contribution in [3.8, 4) is 0 Å². The molecule has 0 aliphatic heterocycles. The minimum atomic E-state index is -0.0105. The molecule has 0 unspecified atom stereocenters. The minimum absolute atomic E-state index is 0.0105. The van der Waals surface area contributed by atoms with Gasteiger partial charge < -0.3 is 5.73 Å². The van der Waals surface area contributed by atoms with Gasteiger partial charge in [0.2, 0.25) is 0 Å². The molecule has 0 fully saturated rings. The maximum atomic E-state index is 5.85. The van der Waals surface area contributed by atoms with E-state index in [1.807, 2.05) is 18.2 Å². The molecule has 0 aliphatic rings. The lowest BCUT2D eigenvalue weighted by atomic mass is 9.85. The van der Waals surface area contributed by atoms with Crippen LogP contribution in [0.4, 0.5) is 0 Å². The second-order valence-corrected chi connectivity index (χ2v) is 5.00. The third-order valence-electron chi connectivity index (χ3n) is 2.17. The molecule has 0 atom stereocenters. The molecule has 0 heterocycles. The van der Waals surface area contributed by atoms with Crippen LogP contribution >= 0.6 is 27.5 Å². The Kier molecular flexibility index (Phi) is 3.38. The Morgan fingerprint density at radius 2 is 2.08 bits per heavy atom. The highest BCUT2D eigenvalue weighted by Gasteiger charge is 2.20. The van der Waals surface area contributed by atoms with Crippen molar-refractivity contribution in [2.45, 2.75) is 19.3 Å². The Bertz CT molecular complexity index is 310. The number of hydrogen-bond donors (Lipinski definition) is 1. The molecule has 1 aromatic rings. The van der Waals surface area contributed by atoms with Crippen molar-refractivity contribution in [3.05, 3.63) is 33.3 Å². The van der Waals surface area contributed by atoms with E-state index in [2.05, 4.69) is 29.8 Å². The van der Waals surface area contributed by atoms with Crippen molar-refractivity contribution in [2.75, 3.05) is 6.54 Å². The van der Waals surface area contributed by atoms with E-state index in [4.69, 9.17) is 17.3 Å². The van der Waals surface area contributed by atoms with Gasteiger partial charge in [-0.05, 0) is 17.7 Å². The Balaban J connectivity index is 3.16. The molecule has 72 valence electrons. The largest absolute Gasteiger partial charge is 0.330 e. The summed E-state index contributed by atoms with van der Waals surface area (Å²) in [5.74, 6) is 0. The third-order valence-corrected chi connectivity index (χ3v) is 3.06. The minimum Gasteiger partial charge on any atom is -0.330 e. The van der Waals surface area contributed by atoms with E-state index in [1.165, 1.54) is 5.56 Å². The molecule has 0 amide bonds. The Labute approximate surface area is 92.4 Å². The summed E-state index contributed by atoms with van der Waals surface area (Å²) in [5.41, 5.74) is 6.87. The summed E-state index contributed by atoms with van der Waals surface area (Å²) < 4.78 is 1.02. The first-order chi connectivity index (χ1) is 5.97. The summed E-state index contributed by atoms with van der Waals surface area (Å²) in [6, 6.07) is 5.80. The van der Waals surface area contributed by atoms with Crippen LogP contribution in [0.25, 0.3) is 0 Å². The fraction of sp³-hybridized carbons (Fsp3) is 0.400. The number of hydrogen-bond acceptors (Lipinski definition) is 1. The molecule has 13 heavy (non-hydrogen) atoms. The molecule has 0 aromatic heterocycles. The third kappa shape index (κ3) is 2.46. The van der Waals surface area contributed by atoms with Crippen LogP contribution in [0.15, 0.2) is 22.7 Å². The highest BCUT2D eigenvalue weighted by Crippen LogP contribution is 2.31. The first-order valence-electron chi connectivity index (χ1n) is 4.13. The Hall–Kier alpha value is -0.0500. The first kappa shape index (κ1) is 11.0. The Morgan fingerprint density at radius 1 is 1.46 bits per heavy atom. The van der Waals surface area contributed by atoms with Gasteiger partial charge in [0.25, 0.3) is 0 Å². The zero-order valence-electron chi connectivity index (χ0n) is 7.77. The summed E-state index contributed by atoms with van der Waals surface area (Å²) in [6.07, 6.45) is 0. The van der Waals surface area contributed by atoms with E-state index in [-0.39, 0.29) is 5.41 Å². The van der Waals surface area contributed by atoms with Gasteiger partial charge in [-0.25, -0.2) is 0 Å². The second kappa shape index (κ2) is 3.99. The molecule has 1 rings (SSSR count). The molecule has 0 radical (unpaired) electrons. The molecule has 1 aromatic carbocycles. The van der Waals surface area contributed by atoms with Gasteiger partial charge >= 0.3 is 0 Å². The van der Waals surface area contributed by atoms with E-state index in [1.54, 1.807) is 0 Å². The molecule has 2 N–H and O–H groups in total. The topological polar surface area (TPSA) is 26.0 Å². The highest BCUT2D eigenvalue weighted by atomic mass is 79.9. The smallest absolute Gasteiger partial charge is 0.0417 e. The number of halogens is 2. The van der Waals surface area contributed by atoms with Crippen molar-refractivity contribution in [2.24, 2.45) is 5.73 Å². The standard InChI is InChI=1S/C10H13BrClN/c1-10(2,6-13)8-4-3-7(12)5-9(8)11/h3-5H,6,13H2,1-2H3. The average molecular weight is 263 g/mol. The highest BCUT2D eigenvalue weighted by molar-refractivity contribution is 9.10. The van der Waals surface area contributed by atoms with Gasteiger partial charge in [0.15, 0.2) is 0 Å². The van der Waals surface area contributed by atoms with Crippen molar-refractivity contribution in [3.63, 3.8) is 0 Å². The predicted octanol–water partition coefficient (Wildman–Crippen LogP) is 3.34. The zero-order valence-corrected chi connectivity index (χ0v) is 10.1. The summed E-state index contributed by atoms with van der Waals surface area (Å²) in [6.45, 7) is 4.84. The zero-order chi connectivity index (χ0) is 10.1. The quantitative estimate of drug-likeness (QED) is 0.869. The van der Waals surface area contributed by atoms with Gasteiger partial charge in [0.1, 0.15) is 0 Å². The van der Waals surface area contributed by atoms with Crippen LogP contribution in [0, 0.1) is 0 Å². The van der Waals surface area contributed by atoms with E-state index in [9.17, 15) is 0 Å². The monoisotopic (exact) mass is 261 g/mol. The summed E-state index contributed by atoms with van der Waals surface area (Å²) in [4.78, 5) is 0. The molecule has 1 nitrogen and oxygen atoms in total. The van der Waals surface area contributed by atoms with Crippen LogP contribution in [-0.4, -0.2) is 6.54 Å². The van der Waals surface area contributed by atoms with Crippen molar-refractivity contribution in [1.82, 2.24) is 0 Å². The second-order valence-electron chi connectivity index (χ2n) is 3.71. The predicted molar refractivity (Wildman–Crippen MR) is 61.2 cm³/mol. The van der Waals surface area contributed by atoms with Gasteiger partial charge in [0.05, 0.1) is 0 Å². The molecule has 0 aliphatic carbocycles. The van der Waals surface area contributed by atoms with Gasteiger partial charge in [-0.2, -0.15) is 0 Å². The fourth-order valence-electron chi connectivity index (χ4n) is 1.15. The Morgan fingerprint density at radius 3 is 2.54 bits per heavy atom.